The molecule has 0 N–H and O–H groups in total. The van der Waals surface area contributed by atoms with Crippen LogP contribution in [-0.4, -0.2) is 37.1 Å². The average Bonchev–Trinajstić information content (AvgIpc) is 3.24. The normalized spacial score (nSPS) is 10.8. The molecule has 0 unspecified atom stereocenters. The van der Waals surface area contributed by atoms with Gasteiger partial charge >= 0.3 is 0 Å². The van der Waals surface area contributed by atoms with Crippen LogP contribution >= 0.6 is 11.3 Å². The number of fused-ring (bicyclic) bond motifs is 1. The van der Waals surface area contributed by atoms with E-state index in [1.807, 2.05) is 80.5 Å². The number of hydrogen-bond donors (Lipinski definition) is 0. The van der Waals surface area contributed by atoms with Gasteiger partial charge in [0.15, 0.2) is 5.13 Å². The van der Waals surface area contributed by atoms with Gasteiger partial charge in [0.05, 0.1) is 24.0 Å². The molecule has 2 aromatic heterocycles. The van der Waals surface area contributed by atoms with Crippen molar-refractivity contribution in [1.29, 1.82) is 0 Å². The highest BCUT2D eigenvalue weighted by Crippen LogP contribution is 2.37. The van der Waals surface area contributed by atoms with Crippen molar-refractivity contribution in [2.45, 2.75) is 13.5 Å². The van der Waals surface area contributed by atoms with Crippen LogP contribution in [0.1, 0.15) is 21.6 Å². The maximum Gasteiger partial charge on any atom is 0.260 e. The average molecular weight is 433 g/mol. The lowest BCUT2D eigenvalue weighted by Gasteiger charge is -2.20. The largest absolute Gasteiger partial charge is 0.494 e. The summed E-state index contributed by atoms with van der Waals surface area (Å²) in [6.07, 6.45) is 1.73. The van der Waals surface area contributed by atoms with Gasteiger partial charge in [-0.1, -0.05) is 23.5 Å². The van der Waals surface area contributed by atoms with Crippen LogP contribution in [0.2, 0.25) is 0 Å². The van der Waals surface area contributed by atoms with Crippen molar-refractivity contribution in [2.75, 3.05) is 31.0 Å². The number of nitrogens with zero attached hydrogens (tertiary/aromatic N) is 4. The molecule has 0 radical (unpaired) electrons. The number of hydrogen-bond acceptors (Lipinski definition) is 6. The summed E-state index contributed by atoms with van der Waals surface area (Å²) in [6.45, 7) is 2.37. The lowest BCUT2D eigenvalue weighted by Crippen LogP contribution is -2.30. The van der Waals surface area contributed by atoms with Crippen LogP contribution in [0.25, 0.3) is 10.2 Å². The molecule has 0 saturated carbocycles. The van der Waals surface area contributed by atoms with Crippen molar-refractivity contribution >= 4 is 38.3 Å². The molecule has 2 aromatic carbocycles. The Bertz CT molecular complexity index is 1200. The molecule has 0 bridgehead atoms. The highest BCUT2D eigenvalue weighted by atomic mass is 32.1. The van der Waals surface area contributed by atoms with Gasteiger partial charge in [-0.25, -0.2) is 4.98 Å². The summed E-state index contributed by atoms with van der Waals surface area (Å²) >= 11 is 1.49. The van der Waals surface area contributed by atoms with Gasteiger partial charge in [0.1, 0.15) is 11.3 Å². The van der Waals surface area contributed by atoms with Gasteiger partial charge in [-0.05, 0) is 55.0 Å². The number of thiazole rings is 1. The Balaban J connectivity index is 1.78. The molecule has 7 heteroatoms. The molecule has 1 amide bonds. The number of ether oxygens (including phenoxy) is 1. The van der Waals surface area contributed by atoms with E-state index >= 15 is 0 Å². The van der Waals surface area contributed by atoms with E-state index in [1.165, 1.54) is 11.3 Å². The van der Waals surface area contributed by atoms with Gasteiger partial charge in [0, 0.05) is 31.5 Å². The summed E-state index contributed by atoms with van der Waals surface area (Å²) in [5, 5.41) is 0.620. The van der Waals surface area contributed by atoms with Crippen LogP contribution in [0.3, 0.4) is 0 Å². The van der Waals surface area contributed by atoms with Crippen LogP contribution < -0.4 is 14.5 Å². The molecule has 0 atom stereocenters. The topological polar surface area (TPSA) is 58.6 Å². The molecular weight excluding hydrogens is 408 g/mol. The van der Waals surface area contributed by atoms with Crippen molar-refractivity contribution in [3.05, 3.63) is 77.6 Å². The van der Waals surface area contributed by atoms with Crippen LogP contribution in [0.15, 0.2) is 60.8 Å². The Labute approximate surface area is 185 Å². The minimum absolute atomic E-state index is 0.119. The number of rotatable bonds is 6. The summed E-state index contributed by atoms with van der Waals surface area (Å²) in [4.78, 5) is 26.5. The van der Waals surface area contributed by atoms with Gasteiger partial charge in [-0.3, -0.25) is 14.7 Å². The van der Waals surface area contributed by atoms with Crippen molar-refractivity contribution in [3.63, 3.8) is 0 Å². The zero-order valence-electron chi connectivity index (χ0n) is 18.0. The molecule has 0 saturated heterocycles. The number of anilines is 2. The maximum absolute atomic E-state index is 13.6. The number of aromatic nitrogens is 2. The smallest absolute Gasteiger partial charge is 0.260 e. The number of carbonyl (C=O) groups excluding carboxylic acids is 1. The number of methoxy groups -OCH3 is 1. The van der Waals surface area contributed by atoms with Gasteiger partial charge < -0.3 is 9.64 Å². The molecular formula is C24H24N4O2S. The first-order valence-corrected chi connectivity index (χ1v) is 10.7. The Kier molecular flexibility index (Phi) is 5.86. The Morgan fingerprint density at radius 1 is 1.06 bits per heavy atom. The predicted octanol–water partition coefficient (Wildman–Crippen LogP) is 4.92. The molecule has 4 rings (SSSR count). The number of carbonyl (C=O) groups is 1. The molecule has 0 aliphatic heterocycles. The van der Waals surface area contributed by atoms with Crippen LogP contribution in [0.5, 0.6) is 5.75 Å². The Morgan fingerprint density at radius 2 is 1.84 bits per heavy atom. The van der Waals surface area contributed by atoms with Crippen molar-refractivity contribution < 1.29 is 9.53 Å². The molecule has 0 spiro atoms. The van der Waals surface area contributed by atoms with Crippen molar-refractivity contribution in [1.82, 2.24) is 9.97 Å². The minimum atomic E-state index is -0.119. The van der Waals surface area contributed by atoms with E-state index in [4.69, 9.17) is 9.72 Å². The van der Waals surface area contributed by atoms with E-state index in [2.05, 4.69) is 4.98 Å². The maximum atomic E-state index is 13.6. The standard InChI is InChI=1S/C24H24N4O2S/c1-16-8-13-20(30-4)21-22(16)31-24(26-21)28(15-18-7-5-6-14-25-18)23(29)17-9-11-19(12-10-17)27(2)3/h5-14H,15H2,1-4H3. The molecule has 4 aromatic rings. The van der Waals surface area contributed by atoms with Gasteiger partial charge in [-0.2, -0.15) is 0 Å². The molecule has 0 aliphatic rings. The third kappa shape index (κ3) is 4.22. The van der Waals surface area contributed by atoms with Crippen molar-refractivity contribution in [3.8, 4) is 5.75 Å². The van der Waals surface area contributed by atoms with E-state index in [-0.39, 0.29) is 5.91 Å². The number of benzene rings is 2. The summed E-state index contributed by atoms with van der Waals surface area (Å²) in [7, 11) is 5.58. The summed E-state index contributed by atoms with van der Waals surface area (Å²) in [5.74, 6) is 0.579. The summed E-state index contributed by atoms with van der Waals surface area (Å²) in [5.41, 5.74) is 4.30. The van der Waals surface area contributed by atoms with E-state index in [9.17, 15) is 4.79 Å². The Hall–Kier alpha value is -3.45. The number of pyridine rings is 1. The fraction of sp³-hybridized carbons (Fsp3) is 0.208. The fourth-order valence-corrected chi connectivity index (χ4v) is 4.37. The monoisotopic (exact) mass is 432 g/mol. The zero-order valence-corrected chi connectivity index (χ0v) is 18.8. The second kappa shape index (κ2) is 8.73. The van der Waals surface area contributed by atoms with E-state index in [1.54, 1.807) is 18.2 Å². The first kappa shape index (κ1) is 20.8. The predicted molar refractivity (Wildman–Crippen MR) is 126 cm³/mol. The Morgan fingerprint density at radius 3 is 2.48 bits per heavy atom. The first-order chi connectivity index (χ1) is 15.0. The molecule has 158 valence electrons. The lowest BCUT2D eigenvalue weighted by atomic mass is 10.1. The van der Waals surface area contributed by atoms with Gasteiger partial charge in [0.2, 0.25) is 0 Å². The fourth-order valence-electron chi connectivity index (χ4n) is 3.32. The third-order valence-corrected chi connectivity index (χ3v) is 6.28. The third-order valence-electron chi connectivity index (χ3n) is 5.07. The molecule has 0 fully saturated rings. The van der Waals surface area contributed by atoms with E-state index in [0.29, 0.717) is 23.0 Å². The second-order valence-electron chi connectivity index (χ2n) is 7.41. The minimum Gasteiger partial charge on any atom is -0.494 e. The zero-order chi connectivity index (χ0) is 22.0. The molecule has 0 aliphatic carbocycles. The molecule has 31 heavy (non-hydrogen) atoms. The second-order valence-corrected chi connectivity index (χ2v) is 8.39. The highest BCUT2D eigenvalue weighted by molar-refractivity contribution is 7.22. The van der Waals surface area contributed by atoms with Crippen LogP contribution in [0, 0.1) is 6.92 Å². The first-order valence-electron chi connectivity index (χ1n) is 9.91. The van der Waals surface area contributed by atoms with Crippen LogP contribution in [0.4, 0.5) is 10.8 Å². The SMILES string of the molecule is COc1ccc(C)c2sc(N(Cc3ccccn3)C(=O)c3ccc(N(C)C)cc3)nc12. The van der Waals surface area contributed by atoms with Crippen LogP contribution in [-0.2, 0) is 6.54 Å². The van der Waals surface area contributed by atoms with Gasteiger partial charge in [-0.15, -0.1) is 0 Å². The number of aryl methyl sites for hydroxylation is 1. The highest BCUT2D eigenvalue weighted by Gasteiger charge is 2.23. The van der Waals surface area contributed by atoms with E-state index < -0.39 is 0 Å². The quantitative estimate of drug-likeness (QED) is 0.433. The van der Waals surface area contributed by atoms with Crippen molar-refractivity contribution in [2.24, 2.45) is 0 Å². The van der Waals surface area contributed by atoms with E-state index in [0.717, 1.165) is 27.2 Å². The lowest BCUT2D eigenvalue weighted by molar-refractivity contribution is 0.0985. The number of amides is 1. The molecule has 2 heterocycles. The van der Waals surface area contributed by atoms with Gasteiger partial charge in [0.25, 0.3) is 5.91 Å². The summed E-state index contributed by atoms with van der Waals surface area (Å²) < 4.78 is 6.51. The summed E-state index contributed by atoms with van der Waals surface area (Å²) in [6, 6.07) is 17.2. The molecule has 6 nitrogen and oxygen atoms in total.